The Balaban J connectivity index is 2.35. The number of rotatable bonds is 4. The second-order valence-electron chi connectivity index (χ2n) is 3.47. The van der Waals surface area contributed by atoms with Crippen LogP contribution in [0.15, 0.2) is 18.5 Å². The van der Waals surface area contributed by atoms with Crippen LogP contribution in [0.1, 0.15) is 5.56 Å². The summed E-state index contributed by atoms with van der Waals surface area (Å²) in [5, 5.41) is 4.02. The molecule has 2 rings (SSSR count). The van der Waals surface area contributed by atoms with E-state index < -0.39 is 0 Å². The highest BCUT2D eigenvalue weighted by Crippen LogP contribution is 2.17. The molecule has 2 aromatic heterocycles. The van der Waals surface area contributed by atoms with Gasteiger partial charge in [-0.25, -0.2) is 4.68 Å². The number of nitrogen functional groups attached to an aromatic ring is 2. The van der Waals surface area contributed by atoms with Gasteiger partial charge in [-0.3, -0.25) is 0 Å². The van der Waals surface area contributed by atoms with E-state index in [0.717, 1.165) is 0 Å². The van der Waals surface area contributed by atoms with Crippen molar-refractivity contribution < 1.29 is 4.74 Å². The van der Waals surface area contributed by atoms with Crippen molar-refractivity contribution in [2.24, 2.45) is 0 Å². The average Bonchev–Trinajstić information content (AvgIpc) is 2.81. The lowest BCUT2D eigenvalue weighted by molar-refractivity contribution is 0.202. The summed E-state index contributed by atoms with van der Waals surface area (Å²) in [4.78, 5) is 8.32. The van der Waals surface area contributed by atoms with Crippen LogP contribution < -0.4 is 11.5 Å². The molecule has 0 amide bonds. The number of methoxy groups -OCH3 is 1. The van der Waals surface area contributed by atoms with Gasteiger partial charge in [0.2, 0.25) is 0 Å². The summed E-state index contributed by atoms with van der Waals surface area (Å²) in [6.45, 7) is 0.527. The summed E-state index contributed by atoms with van der Waals surface area (Å²) in [7, 11) is 1.62. The van der Waals surface area contributed by atoms with E-state index in [1.165, 1.54) is 4.68 Å². The van der Waals surface area contributed by atoms with E-state index in [1.807, 2.05) is 0 Å². The first-order valence-electron chi connectivity index (χ1n) is 5.13. The van der Waals surface area contributed by atoms with Gasteiger partial charge in [-0.2, -0.15) is 15.1 Å². The highest BCUT2D eigenvalue weighted by atomic mass is 16.5. The fourth-order valence-electron chi connectivity index (χ4n) is 1.46. The largest absolute Gasteiger partial charge is 0.384 e. The van der Waals surface area contributed by atoms with Crippen molar-refractivity contribution in [1.29, 1.82) is 0 Å². The lowest BCUT2D eigenvalue weighted by Crippen LogP contribution is -2.12. The van der Waals surface area contributed by atoms with Crippen LogP contribution in [0, 0.1) is 0 Å². The third kappa shape index (κ3) is 2.34. The van der Waals surface area contributed by atoms with Crippen molar-refractivity contribution in [2.75, 3.05) is 25.2 Å². The fourth-order valence-corrected chi connectivity index (χ4v) is 1.46. The molecule has 0 aliphatic carbocycles. The SMILES string of the molecule is COCCc1c(N)nc(-n2cccn2)nc1N. The summed E-state index contributed by atoms with van der Waals surface area (Å²) in [5.74, 6) is 1.09. The predicted octanol–water partition coefficient (Wildman–Crippen LogP) is 0.0156. The Kier molecular flexibility index (Phi) is 3.20. The van der Waals surface area contributed by atoms with Gasteiger partial charge in [-0.1, -0.05) is 0 Å². The first-order valence-corrected chi connectivity index (χ1v) is 5.13. The second kappa shape index (κ2) is 4.79. The molecule has 4 N–H and O–H groups in total. The minimum absolute atomic E-state index is 0.361. The zero-order valence-corrected chi connectivity index (χ0v) is 9.50. The Morgan fingerprint density at radius 3 is 2.53 bits per heavy atom. The number of aromatic nitrogens is 4. The number of nitrogens with two attached hydrogens (primary N) is 2. The zero-order valence-electron chi connectivity index (χ0n) is 9.50. The Morgan fingerprint density at radius 1 is 1.29 bits per heavy atom. The van der Waals surface area contributed by atoms with Crippen LogP contribution in [-0.4, -0.2) is 33.5 Å². The maximum Gasteiger partial charge on any atom is 0.254 e. The molecule has 0 saturated heterocycles. The Hall–Kier alpha value is -2.15. The molecule has 0 aliphatic heterocycles. The van der Waals surface area contributed by atoms with Crippen LogP contribution in [0.4, 0.5) is 11.6 Å². The predicted molar refractivity (Wildman–Crippen MR) is 63.6 cm³/mol. The maximum atomic E-state index is 5.84. The van der Waals surface area contributed by atoms with E-state index in [4.69, 9.17) is 16.2 Å². The van der Waals surface area contributed by atoms with Crippen molar-refractivity contribution in [1.82, 2.24) is 19.7 Å². The van der Waals surface area contributed by atoms with Gasteiger partial charge < -0.3 is 16.2 Å². The van der Waals surface area contributed by atoms with E-state index in [9.17, 15) is 0 Å². The number of nitrogens with zero attached hydrogens (tertiary/aromatic N) is 4. The average molecular weight is 234 g/mol. The number of ether oxygens (including phenoxy) is 1. The molecule has 0 fully saturated rings. The first kappa shape index (κ1) is 11.3. The van der Waals surface area contributed by atoms with E-state index in [-0.39, 0.29) is 0 Å². The van der Waals surface area contributed by atoms with Crippen LogP contribution in [-0.2, 0) is 11.2 Å². The Morgan fingerprint density at radius 2 is 2.00 bits per heavy atom. The highest BCUT2D eigenvalue weighted by molar-refractivity contribution is 5.54. The van der Waals surface area contributed by atoms with E-state index in [2.05, 4.69) is 15.1 Å². The monoisotopic (exact) mass is 234 g/mol. The summed E-state index contributed by atoms with van der Waals surface area (Å²) < 4.78 is 6.48. The van der Waals surface area contributed by atoms with E-state index >= 15 is 0 Å². The van der Waals surface area contributed by atoms with Gasteiger partial charge in [-0.15, -0.1) is 0 Å². The van der Waals surface area contributed by atoms with Crippen LogP contribution in [0.3, 0.4) is 0 Å². The molecule has 90 valence electrons. The van der Waals surface area contributed by atoms with Gasteiger partial charge in [0.1, 0.15) is 11.6 Å². The quantitative estimate of drug-likeness (QED) is 0.772. The lowest BCUT2D eigenvalue weighted by atomic mass is 10.2. The standard InChI is InChI=1S/C10H14N6O/c1-17-6-3-7-8(11)14-10(15-9(7)12)16-5-2-4-13-16/h2,4-5H,3,6H2,1H3,(H4,11,12,14,15). The van der Waals surface area contributed by atoms with Crippen LogP contribution in [0.25, 0.3) is 5.95 Å². The number of anilines is 2. The molecule has 0 saturated carbocycles. The van der Waals surface area contributed by atoms with Crippen LogP contribution >= 0.6 is 0 Å². The van der Waals surface area contributed by atoms with E-state index in [0.29, 0.717) is 36.2 Å². The van der Waals surface area contributed by atoms with Gasteiger partial charge >= 0.3 is 0 Å². The second-order valence-corrected chi connectivity index (χ2v) is 3.47. The van der Waals surface area contributed by atoms with Crippen molar-refractivity contribution in [3.8, 4) is 5.95 Å². The van der Waals surface area contributed by atoms with Gasteiger partial charge in [0, 0.05) is 31.5 Å². The van der Waals surface area contributed by atoms with Gasteiger partial charge in [0.25, 0.3) is 5.95 Å². The molecule has 0 atom stereocenters. The van der Waals surface area contributed by atoms with Crippen molar-refractivity contribution in [3.63, 3.8) is 0 Å². The van der Waals surface area contributed by atoms with Crippen LogP contribution in [0.2, 0.25) is 0 Å². The fraction of sp³-hybridized carbons (Fsp3) is 0.300. The molecule has 0 radical (unpaired) electrons. The van der Waals surface area contributed by atoms with Gasteiger partial charge in [0.05, 0.1) is 6.61 Å². The van der Waals surface area contributed by atoms with Crippen LogP contribution in [0.5, 0.6) is 0 Å². The molecule has 7 heteroatoms. The summed E-state index contributed by atoms with van der Waals surface area (Å²) in [6, 6.07) is 1.77. The summed E-state index contributed by atoms with van der Waals surface area (Å²) in [6.07, 6.45) is 3.95. The normalized spacial score (nSPS) is 10.6. The molecule has 0 unspecified atom stereocenters. The molecule has 2 heterocycles. The first-order chi connectivity index (χ1) is 8.22. The molecular formula is C10H14N6O. The minimum Gasteiger partial charge on any atom is -0.384 e. The van der Waals surface area contributed by atoms with Crippen molar-refractivity contribution >= 4 is 11.6 Å². The zero-order chi connectivity index (χ0) is 12.3. The van der Waals surface area contributed by atoms with Gasteiger partial charge in [-0.05, 0) is 6.07 Å². The Bertz CT molecular complexity index is 472. The smallest absolute Gasteiger partial charge is 0.254 e. The molecule has 17 heavy (non-hydrogen) atoms. The molecule has 0 aliphatic rings. The molecule has 7 nitrogen and oxygen atoms in total. The molecule has 0 aromatic carbocycles. The topological polar surface area (TPSA) is 105 Å². The van der Waals surface area contributed by atoms with E-state index in [1.54, 1.807) is 25.6 Å². The molecule has 0 spiro atoms. The maximum absolute atomic E-state index is 5.84. The third-order valence-electron chi connectivity index (χ3n) is 2.32. The number of hydrogen-bond acceptors (Lipinski definition) is 6. The van der Waals surface area contributed by atoms with Gasteiger partial charge in [0.15, 0.2) is 0 Å². The molecular weight excluding hydrogens is 220 g/mol. The molecule has 2 aromatic rings. The third-order valence-corrected chi connectivity index (χ3v) is 2.32. The Labute approximate surface area is 98.4 Å². The minimum atomic E-state index is 0.361. The lowest BCUT2D eigenvalue weighted by Gasteiger charge is -2.09. The molecule has 0 bridgehead atoms. The highest BCUT2D eigenvalue weighted by Gasteiger charge is 2.11. The van der Waals surface area contributed by atoms with Crippen molar-refractivity contribution in [3.05, 3.63) is 24.0 Å². The summed E-state index contributed by atoms with van der Waals surface area (Å²) in [5.41, 5.74) is 12.4. The van der Waals surface area contributed by atoms with Crippen molar-refractivity contribution in [2.45, 2.75) is 6.42 Å². The summed E-state index contributed by atoms with van der Waals surface area (Å²) >= 11 is 0. The number of hydrogen-bond donors (Lipinski definition) is 2.